The standard InChI is InChI=1S/C15H19BrN4.HI/c1-17-15(18-7-10-20-8-2-3-9-20)19-12-13-5-4-6-14(16)11-13;/h2-6,8-9,11H,7,10,12H2,1H3,(H2,17,18,19);1H. The van der Waals surface area contributed by atoms with Crippen molar-refractivity contribution in [3.63, 3.8) is 0 Å². The van der Waals surface area contributed by atoms with E-state index >= 15 is 0 Å². The first kappa shape index (κ1) is 18.0. The van der Waals surface area contributed by atoms with Gasteiger partial charge in [-0.15, -0.1) is 24.0 Å². The fourth-order valence-electron chi connectivity index (χ4n) is 1.88. The molecule has 0 aliphatic rings. The van der Waals surface area contributed by atoms with Crippen LogP contribution >= 0.6 is 39.9 Å². The zero-order valence-corrected chi connectivity index (χ0v) is 15.8. The van der Waals surface area contributed by atoms with Crippen LogP contribution in [0, 0.1) is 0 Å². The van der Waals surface area contributed by atoms with E-state index in [9.17, 15) is 0 Å². The van der Waals surface area contributed by atoms with E-state index < -0.39 is 0 Å². The van der Waals surface area contributed by atoms with Gasteiger partial charge in [-0.1, -0.05) is 28.1 Å². The Morgan fingerprint density at radius 1 is 1.19 bits per heavy atom. The summed E-state index contributed by atoms with van der Waals surface area (Å²) < 4.78 is 3.22. The number of aliphatic imine (C=N–C) groups is 1. The molecule has 0 atom stereocenters. The van der Waals surface area contributed by atoms with Crippen LogP contribution in [-0.2, 0) is 13.1 Å². The van der Waals surface area contributed by atoms with Crippen molar-refractivity contribution in [2.75, 3.05) is 13.6 Å². The van der Waals surface area contributed by atoms with E-state index in [1.165, 1.54) is 5.56 Å². The second-order valence-corrected chi connectivity index (χ2v) is 5.32. The van der Waals surface area contributed by atoms with Crippen molar-refractivity contribution in [1.29, 1.82) is 0 Å². The minimum Gasteiger partial charge on any atom is -0.355 e. The largest absolute Gasteiger partial charge is 0.355 e. The molecule has 0 unspecified atom stereocenters. The molecule has 0 bridgehead atoms. The Labute approximate surface area is 151 Å². The van der Waals surface area contributed by atoms with Crippen LogP contribution in [0.15, 0.2) is 58.3 Å². The molecule has 0 aliphatic carbocycles. The van der Waals surface area contributed by atoms with E-state index in [-0.39, 0.29) is 24.0 Å². The van der Waals surface area contributed by atoms with Gasteiger partial charge in [0.1, 0.15) is 0 Å². The molecule has 2 aromatic rings. The Kier molecular flexibility index (Phi) is 8.44. The summed E-state index contributed by atoms with van der Waals surface area (Å²) in [7, 11) is 1.78. The van der Waals surface area contributed by atoms with Crippen LogP contribution in [0.5, 0.6) is 0 Å². The molecule has 0 amide bonds. The monoisotopic (exact) mass is 462 g/mol. The Morgan fingerprint density at radius 2 is 1.95 bits per heavy atom. The maximum absolute atomic E-state index is 4.22. The van der Waals surface area contributed by atoms with Crippen LogP contribution in [0.1, 0.15) is 5.56 Å². The van der Waals surface area contributed by atoms with Crippen molar-refractivity contribution in [2.24, 2.45) is 4.99 Å². The molecular formula is C15H20BrIN4. The first-order valence-electron chi connectivity index (χ1n) is 6.57. The highest BCUT2D eigenvalue weighted by molar-refractivity contribution is 14.0. The van der Waals surface area contributed by atoms with Crippen molar-refractivity contribution in [1.82, 2.24) is 15.2 Å². The number of halogens is 2. The molecule has 0 spiro atoms. The van der Waals surface area contributed by atoms with Gasteiger partial charge in [-0.3, -0.25) is 4.99 Å². The third kappa shape index (κ3) is 6.52. The molecule has 21 heavy (non-hydrogen) atoms. The average Bonchev–Trinajstić information content (AvgIpc) is 2.96. The molecule has 2 N–H and O–H groups in total. The van der Waals surface area contributed by atoms with Crippen LogP contribution in [0.25, 0.3) is 0 Å². The molecule has 1 aromatic heterocycles. The normalized spacial score (nSPS) is 10.9. The van der Waals surface area contributed by atoms with Gasteiger partial charge in [-0.2, -0.15) is 0 Å². The molecule has 0 saturated heterocycles. The number of guanidine groups is 1. The summed E-state index contributed by atoms with van der Waals surface area (Å²) >= 11 is 3.47. The topological polar surface area (TPSA) is 41.4 Å². The van der Waals surface area contributed by atoms with Crippen LogP contribution in [0.4, 0.5) is 0 Å². The third-order valence-electron chi connectivity index (χ3n) is 2.90. The van der Waals surface area contributed by atoms with E-state index in [1.54, 1.807) is 7.05 Å². The molecule has 2 rings (SSSR count). The van der Waals surface area contributed by atoms with Crippen molar-refractivity contribution in [3.8, 4) is 0 Å². The van der Waals surface area contributed by atoms with Gasteiger partial charge in [0.2, 0.25) is 0 Å². The first-order valence-corrected chi connectivity index (χ1v) is 7.37. The molecule has 6 heteroatoms. The zero-order valence-electron chi connectivity index (χ0n) is 11.9. The minimum atomic E-state index is 0. The number of hydrogen-bond donors (Lipinski definition) is 2. The summed E-state index contributed by atoms with van der Waals surface area (Å²) in [5.74, 6) is 0.817. The van der Waals surface area contributed by atoms with Crippen molar-refractivity contribution in [3.05, 3.63) is 58.8 Å². The highest BCUT2D eigenvalue weighted by atomic mass is 127. The van der Waals surface area contributed by atoms with E-state index in [2.05, 4.69) is 60.6 Å². The van der Waals surface area contributed by atoms with E-state index in [4.69, 9.17) is 0 Å². The number of hydrogen-bond acceptors (Lipinski definition) is 1. The molecule has 0 aliphatic heterocycles. The van der Waals surface area contributed by atoms with Crippen LogP contribution < -0.4 is 10.6 Å². The number of nitrogens with zero attached hydrogens (tertiary/aromatic N) is 2. The van der Waals surface area contributed by atoms with Crippen molar-refractivity contribution >= 4 is 45.9 Å². The fourth-order valence-corrected chi connectivity index (χ4v) is 2.32. The van der Waals surface area contributed by atoms with Crippen LogP contribution in [0.2, 0.25) is 0 Å². The highest BCUT2D eigenvalue weighted by Gasteiger charge is 1.98. The van der Waals surface area contributed by atoms with Crippen molar-refractivity contribution < 1.29 is 0 Å². The lowest BCUT2D eigenvalue weighted by molar-refractivity contribution is 0.665. The van der Waals surface area contributed by atoms with Gasteiger partial charge in [0.15, 0.2) is 5.96 Å². The lowest BCUT2D eigenvalue weighted by atomic mass is 10.2. The second kappa shape index (κ2) is 9.83. The van der Waals surface area contributed by atoms with E-state index in [1.807, 2.05) is 24.3 Å². The second-order valence-electron chi connectivity index (χ2n) is 4.40. The van der Waals surface area contributed by atoms with Gasteiger partial charge in [0.05, 0.1) is 0 Å². The summed E-state index contributed by atoms with van der Waals surface area (Å²) in [6.45, 7) is 2.51. The predicted molar refractivity (Wildman–Crippen MR) is 102 cm³/mol. The number of benzene rings is 1. The number of nitrogens with one attached hydrogen (secondary N) is 2. The van der Waals surface area contributed by atoms with Crippen molar-refractivity contribution in [2.45, 2.75) is 13.1 Å². The molecule has 0 saturated carbocycles. The van der Waals surface area contributed by atoms with Gasteiger partial charge in [0.25, 0.3) is 0 Å². The first-order chi connectivity index (χ1) is 9.78. The Hall–Kier alpha value is -1.02. The maximum Gasteiger partial charge on any atom is 0.191 e. The molecule has 0 radical (unpaired) electrons. The Bertz CT molecular complexity index is 555. The molecular weight excluding hydrogens is 443 g/mol. The van der Waals surface area contributed by atoms with Crippen LogP contribution in [0.3, 0.4) is 0 Å². The summed E-state index contributed by atoms with van der Waals surface area (Å²) in [6, 6.07) is 12.3. The van der Waals surface area contributed by atoms with E-state index in [0.717, 1.165) is 30.1 Å². The third-order valence-corrected chi connectivity index (χ3v) is 3.39. The summed E-state index contributed by atoms with van der Waals surface area (Å²) in [5, 5.41) is 6.60. The molecule has 4 nitrogen and oxygen atoms in total. The Morgan fingerprint density at radius 3 is 2.62 bits per heavy atom. The molecule has 1 heterocycles. The quantitative estimate of drug-likeness (QED) is 0.407. The fraction of sp³-hybridized carbons (Fsp3) is 0.267. The van der Waals surface area contributed by atoms with Gasteiger partial charge in [0, 0.05) is 43.5 Å². The number of aromatic nitrogens is 1. The van der Waals surface area contributed by atoms with Crippen LogP contribution in [-0.4, -0.2) is 24.1 Å². The summed E-state index contributed by atoms with van der Waals surface area (Å²) in [5.41, 5.74) is 1.22. The molecule has 1 aromatic carbocycles. The zero-order chi connectivity index (χ0) is 14.2. The van der Waals surface area contributed by atoms with E-state index in [0.29, 0.717) is 0 Å². The van der Waals surface area contributed by atoms with Gasteiger partial charge in [-0.25, -0.2) is 0 Å². The highest BCUT2D eigenvalue weighted by Crippen LogP contribution is 2.11. The SMILES string of the molecule is CN=C(NCCn1cccc1)NCc1cccc(Br)c1.I. The van der Waals surface area contributed by atoms with Gasteiger partial charge < -0.3 is 15.2 Å². The minimum absolute atomic E-state index is 0. The Balaban J connectivity index is 0.00000220. The number of rotatable bonds is 5. The summed E-state index contributed by atoms with van der Waals surface area (Å²) in [4.78, 5) is 4.22. The predicted octanol–water partition coefficient (Wildman–Crippen LogP) is 3.23. The van der Waals surface area contributed by atoms with Gasteiger partial charge >= 0.3 is 0 Å². The summed E-state index contributed by atoms with van der Waals surface area (Å²) in [6.07, 6.45) is 4.11. The molecule has 0 fully saturated rings. The van der Waals surface area contributed by atoms with Gasteiger partial charge in [-0.05, 0) is 29.8 Å². The lowest BCUT2D eigenvalue weighted by Crippen LogP contribution is -2.38. The average molecular weight is 463 g/mol. The maximum atomic E-state index is 4.22. The lowest BCUT2D eigenvalue weighted by Gasteiger charge is -2.12. The molecule has 114 valence electrons. The smallest absolute Gasteiger partial charge is 0.191 e.